The zero-order chi connectivity index (χ0) is 28.6. The van der Waals surface area contributed by atoms with Gasteiger partial charge in [0.2, 0.25) is 0 Å². The molecule has 6 aromatic rings. The summed E-state index contributed by atoms with van der Waals surface area (Å²) in [5.74, 6) is -0.274. The number of phenols is 2. The molecule has 41 heavy (non-hydrogen) atoms. The summed E-state index contributed by atoms with van der Waals surface area (Å²) in [5, 5.41) is 27.3. The third-order valence-corrected chi connectivity index (χ3v) is 6.16. The molecule has 0 unspecified atom stereocenters. The van der Waals surface area contributed by atoms with Crippen LogP contribution in [0.1, 0.15) is 32.0 Å². The number of furan rings is 1. The lowest BCUT2D eigenvalue weighted by Gasteiger charge is -2.08. The van der Waals surface area contributed by atoms with Crippen molar-refractivity contribution in [2.75, 3.05) is 0 Å². The van der Waals surface area contributed by atoms with Gasteiger partial charge in [-0.15, -0.1) is 0 Å². The number of phenolic OH excluding ortho intramolecular Hbond substituents is 2. The number of nitrogens with one attached hydrogen (secondary N) is 2. The summed E-state index contributed by atoms with van der Waals surface area (Å²) in [6.45, 7) is 0.623. The molecule has 10 heteroatoms. The second-order valence-electron chi connectivity index (χ2n) is 8.88. The molecular formula is C31H25N5O5. The number of aromatic nitrogens is 3. The SMILES string of the molecule is O=C(NCc1cccnc1)c1ccc2cccnc2c1O.O=C(NCc1ccco1)c1ccc2cccnc2c1O. The molecule has 4 N–H and O–H groups in total. The van der Waals surface area contributed by atoms with Gasteiger partial charge < -0.3 is 25.3 Å². The molecule has 0 spiro atoms. The zero-order valence-corrected chi connectivity index (χ0v) is 21.7. The Morgan fingerprint density at radius 2 is 1.27 bits per heavy atom. The highest BCUT2D eigenvalue weighted by Crippen LogP contribution is 2.27. The van der Waals surface area contributed by atoms with Gasteiger partial charge in [0.15, 0.2) is 11.5 Å². The highest BCUT2D eigenvalue weighted by molar-refractivity contribution is 6.03. The lowest BCUT2D eigenvalue weighted by atomic mass is 10.1. The molecule has 0 aliphatic rings. The van der Waals surface area contributed by atoms with E-state index in [4.69, 9.17) is 4.42 Å². The van der Waals surface area contributed by atoms with Gasteiger partial charge in [-0.2, -0.15) is 0 Å². The van der Waals surface area contributed by atoms with E-state index in [0.29, 0.717) is 23.3 Å². The van der Waals surface area contributed by atoms with Gasteiger partial charge in [0.25, 0.3) is 11.8 Å². The molecule has 2 amide bonds. The molecule has 0 atom stereocenters. The third-order valence-electron chi connectivity index (χ3n) is 6.16. The standard InChI is InChI=1S/C16H13N3O2.C15H12N2O3/c20-15-13(6-5-12-4-2-8-18-14(12)15)16(21)19-10-11-3-1-7-17-9-11;18-14-12(6-5-10-3-1-7-16-13(10)14)15(19)17-9-11-4-2-8-20-11/h1-9,20H,10H2,(H,19,21);1-8,18H,9H2,(H,17,19). The summed E-state index contributed by atoms with van der Waals surface area (Å²) in [6.07, 6.45) is 8.05. The van der Waals surface area contributed by atoms with E-state index in [1.165, 1.54) is 0 Å². The number of nitrogens with zero attached hydrogens (tertiary/aromatic N) is 3. The summed E-state index contributed by atoms with van der Waals surface area (Å²) in [5.41, 5.74) is 2.14. The van der Waals surface area contributed by atoms with Crippen LogP contribution in [0.4, 0.5) is 0 Å². The van der Waals surface area contributed by atoms with Crippen LogP contribution < -0.4 is 10.6 Å². The van der Waals surface area contributed by atoms with Crippen molar-refractivity contribution in [1.29, 1.82) is 0 Å². The Kier molecular flexibility index (Phi) is 8.11. The molecule has 0 saturated carbocycles. The van der Waals surface area contributed by atoms with Crippen LogP contribution in [0, 0.1) is 0 Å². The lowest BCUT2D eigenvalue weighted by molar-refractivity contribution is 0.0938. The normalized spacial score (nSPS) is 10.5. The topological polar surface area (TPSA) is 150 Å². The van der Waals surface area contributed by atoms with E-state index in [9.17, 15) is 19.8 Å². The quantitative estimate of drug-likeness (QED) is 0.234. The first-order chi connectivity index (χ1) is 20.0. The van der Waals surface area contributed by atoms with E-state index in [-0.39, 0.29) is 41.0 Å². The highest BCUT2D eigenvalue weighted by Gasteiger charge is 2.15. The van der Waals surface area contributed by atoms with Crippen LogP contribution in [0.25, 0.3) is 21.8 Å². The van der Waals surface area contributed by atoms with Gasteiger partial charge in [0.1, 0.15) is 16.8 Å². The minimum absolute atomic E-state index is 0.100. The van der Waals surface area contributed by atoms with E-state index in [0.717, 1.165) is 16.3 Å². The Hall–Kier alpha value is -5.77. The monoisotopic (exact) mass is 547 g/mol. The number of hydrogen-bond acceptors (Lipinski definition) is 8. The number of fused-ring (bicyclic) bond motifs is 2. The molecule has 0 bridgehead atoms. The van der Waals surface area contributed by atoms with Crippen molar-refractivity contribution in [3.05, 3.63) is 126 Å². The Bertz CT molecular complexity index is 1810. The van der Waals surface area contributed by atoms with E-state index >= 15 is 0 Å². The van der Waals surface area contributed by atoms with Crippen LogP contribution in [0.2, 0.25) is 0 Å². The Morgan fingerprint density at radius 1 is 0.683 bits per heavy atom. The third kappa shape index (κ3) is 6.28. The summed E-state index contributed by atoms with van der Waals surface area (Å²) < 4.78 is 5.13. The van der Waals surface area contributed by atoms with Crippen molar-refractivity contribution in [1.82, 2.24) is 25.6 Å². The van der Waals surface area contributed by atoms with E-state index in [2.05, 4.69) is 25.6 Å². The molecule has 4 heterocycles. The van der Waals surface area contributed by atoms with Crippen molar-refractivity contribution in [3.63, 3.8) is 0 Å². The fourth-order valence-corrected chi connectivity index (χ4v) is 4.08. The second kappa shape index (κ2) is 12.4. The maximum atomic E-state index is 12.2. The molecule has 0 radical (unpaired) electrons. The number of hydrogen-bond donors (Lipinski definition) is 4. The van der Waals surface area contributed by atoms with Crippen LogP contribution in [0.3, 0.4) is 0 Å². The van der Waals surface area contributed by atoms with Crippen LogP contribution in [-0.4, -0.2) is 37.0 Å². The Labute approximate surface area is 234 Å². The summed E-state index contributed by atoms with van der Waals surface area (Å²) in [6, 6.07) is 21.1. The van der Waals surface area contributed by atoms with E-state index in [1.807, 2.05) is 18.2 Å². The lowest BCUT2D eigenvalue weighted by Crippen LogP contribution is -2.23. The second-order valence-corrected chi connectivity index (χ2v) is 8.88. The average Bonchev–Trinajstić information content (AvgIpc) is 3.54. The first-order valence-electron chi connectivity index (χ1n) is 12.6. The van der Waals surface area contributed by atoms with E-state index in [1.54, 1.807) is 85.6 Å². The minimum atomic E-state index is -0.369. The number of amides is 2. The summed E-state index contributed by atoms with van der Waals surface area (Å²) in [7, 11) is 0. The van der Waals surface area contributed by atoms with Crippen molar-refractivity contribution >= 4 is 33.6 Å². The van der Waals surface area contributed by atoms with Crippen molar-refractivity contribution < 1.29 is 24.2 Å². The average molecular weight is 548 g/mol. The highest BCUT2D eigenvalue weighted by atomic mass is 16.3. The van der Waals surface area contributed by atoms with Crippen molar-refractivity contribution in [3.8, 4) is 11.5 Å². The maximum absolute atomic E-state index is 12.2. The first kappa shape index (κ1) is 26.8. The fraction of sp³-hybridized carbons (Fsp3) is 0.0645. The molecule has 4 aromatic heterocycles. The Balaban J connectivity index is 0.000000165. The van der Waals surface area contributed by atoms with Gasteiger partial charge in [-0.05, 0) is 48.0 Å². The van der Waals surface area contributed by atoms with Crippen LogP contribution in [-0.2, 0) is 13.1 Å². The van der Waals surface area contributed by atoms with Gasteiger partial charge in [-0.3, -0.25) is 24.5 Å². The Morgan fingerprint density at radius 3 is 1.80 bits per heavy atom. The fourth-order valence-electron chi connectivity index (χ4n) is 4.08. The zero-order valence-electron chi connectivity index (χ0n) is 21.7. The molecule has 10 nitrogen and oxygen atoms in total. The van der Waals surface area contributed by atoms with Gasteiger partial charge in [0.05, 0.1) is 23.9 Å². The molecule has 0 saturated heterocycles. The molecule has 0 aliphatic carbocycles. The number of benzene rings is 2. The van der Waals surface area contributed by atoms with Gasteiger partial charge >= 0.3 is 0 Å². The van der Waals surface area contributed by atoms with Gasteiger partial charge in [-0.25, -0.2) is 0 Å². The number of pyridine rings is 3. The smallest absolute Gasteiger partial charge is 0.255 e. The first-order valence-corrected chi connectivity index (χ1v) is 12.6. The summed E-state index contributed by atoms with van der Waals surface area (Å²) >= 11 is 0. The molecule has 2 aromatic carbocycles. The predicted molar refractivity (Wildman–Crippen MR) is 152 cm³/mol. The molecule has 0 fully saturated rings. The predicted octanol–water partition coefficient (Wildman–Crippen LogP) is 4.73. The molecular weight excluding hydrogens is 522 g/mol. The molecule has 0 aliphatic heterocycles. The molecule has 204 valence electrons. The molecule has 6 rings (SSSR count). The van der Waals surface area contributed by atoms with E-state index < -0.39 is 0 Å². The van der Waals surface area contributed by atoms with Crippen LogP contribution in [0.5, 0.6) is 11.5 Å². The number of carbonyl (C=O) groups is 2. The van der Waals surface area contributed by atoms with Crippen molar-refractivity contribution in [2.24, 2.45) is 0 Å². The number of aromatic hydroxyl groups is 2. The largest absolute Gasteiger partial charge is 0.505 e. The number of rotatable bonds is 6. The van der Waals surface area contributed by atoms with Gasteiger partial charge in [0, 0.05) is 42.1 Å². The number of carbonyl (C=O) groups excluding carboxylic acids is 2. The summed E-state index contributed by atoms with van der Waals surface area (Å²) in [4.78, 5) is 36.4. The van der Waals surface area contributed by atoms with Gasteiger partial charge in [-0.1, -0.05) is 30.3 Å². The van der Waals surface area contributed by atoms with Crippen LogP contribution >= 0.6 is 0 Å². The maximum Gasteiger partial charge on any atom is 0.255 e. The minimum Gasteiger partial charge on any atom is -0.505 e. The van der Waals surface area contributed by atoms with Crippen molar-refractivity contribution in [2.45, 2.75) is 13.1 Å². The van der Waals surface area contributed by atoms with Crippen LogP contribution in [0.15, 0.2) is 108 Å².